The van der Waals surface area contributed by atoms with Gasteiger partial charge in [-0.1, -0.05) is 0 Å². The monoisotopic (exact) mass is 405 g/mol. The Bertz CT molecular complexity index is 769. The molecule has 150 valence electrons. The van der Waals surface area contributed by atoms with Crippen molar-refractivity contribution < 1.29 is 17.4 Å². The smallest absolute Gasteiger partial charge is 0.371 e. The highest BCUT2D eigenvalue weighted by molar-refractivity contribution is 7.82. The fraction of sp³-hybridized carbons (Fsp3) is 0.533. The molecule has 0 saturated carbocycles. The van der Waals surface area contributed by atoms with E-state index in [1.54, 1.807) is 0 Å². The standard InChI is InChI=1S/C15H22F3N7OS/c16-15(17,18)9-1-2-10(11(12(9)27(21)26)13(23-19)24-20)25-5-3-14(4-6-25)7-22-8-14/h1-2,22H,3-8,19-21H2,(H,23,24). The number of hydrogen-bond donors (Lipinski definition) is 5. The molecule has 1 aromatic rings. The van der Waals surface area contributed by atoms with E-state index in [-0.39, 0.29) is 16.8 Å². The first kappa shape index (κ1) is 19.9. The Balaban J connectivity index is 2.10. The maximum absolute atomic E-state index is 13.5. The molecule has 0 amide bonds. The average molecular weight is 405 g/mol. The Kier molecular flexibility index (Phi) is 5.34. The Morgan fingerprint density at radius 1 is 1.30 bits per heavy atom. The molecule has 1 unspecified atom stereocenters. The Morgan fingerprint density at radius 3 is 2.33 bits per heavy atom. The molecule has 2 fully saturated rings. The maximum atomic E-state index is 13.5. The molecular formula is C15H22F3N7OS. The van der Waals surface area contributed by atoms with Crippen molar-refractivity contribution in [2.45, 2.75) is 23.9 Å². The number of alkyl halides is 3. The summed E-state index contributed by atoms with van der Waals surface area (Å²) in [6, 6.07) is 2.22. The summed E-state index contributed by atoms with van der Waals surface area (Å²) >= 11 is 0. The van der Waals surface area contributed by atoms with E-state index >= 15 is 0 Å². The normalized spacial score (nSPS) is 21.1. The molecule has 12 heteroatoms. The van der Waals surface area contributed by atoms with E-state index in [0.717, 1.165) is 32.0 Å². The number of amidine groups is 1. The van der Waals surface area contributed by atoms with Crippen molar-refractivity contribution in [1.29, 1.82) is 0 Å². The van der Waals surface area contributed by atoms with Gasteiger partial charge in [0.1, 0.15) is 11.0 Å². The van der Waals surface area contributed by atoms with Gasteiger partial charge in [0.25, 0.3) is 0 Å². The van der Waals surface area contributed by atoms with Crippen molar-refractivity contribution in [3.63, 3.8) is 0 Å². The molecule has 0 bridgehead atoms. The van der Waals surface area contributed by atoms with Crippen LogP contribution in [0.4, 0.5) is 18.9 Å². The van der Waals surface area contributed by atoms with Crippen LogP contribution < -0.4 is 32.5 Å². The molecule has 1 spiro atoms. The number of hydrogen-bond acceptors (Lipinski definition) is 6. The lowest BCUT2D eigenvalue weighted by molar-refractivity contribution is -0.139. The summed E-state index contributed by atoms with van der Waals surface area (Å²) in [5.74, 6) is 10.5. The number of benzene rings is 1. The third kappa shape index (κ3) is 3.61. The van der Waals surface area contributed by atoms with E-state index in [0.29, 0.717) is 18.8 Å². The van der Waals surface area contributed by atoms with Gasteiger partial charge >= 0.3 is 6.18 Å². The molecule has 0 aliphatic carbocycles. The lowest BCUT2D eigenvalue weighted by Gasteiger charge is -2.49. The second-order valence-corrected chi connectivity index (χ2v) is 7.85. The van der Waals surface area contributed by atoms with Crippen molar-refractivity contribution in [2.24, 2.45) is 27.3 Å². The number of nitrogens with one attached hydrogen (secondary N) is 2. The van der Waals surface area contributed by atoms with Gasteiger partial charge in [-0.05, 0) is 30.4 Å². The minimum absolute atomic E-state index is 0.0849. The van der Waals surface area contributed by atoms with Crippen molar-refractivity contribution in [1.82, 2.24) is 10.7 Å². The van der Waals surface area contributed by atoms with Gasteiger partial charge in [-0.15, -0.1) is 0 Å². The van der Waals surface area contributed by atoms with Gasteiger partial charge in [0.15, 0.2) is 5.84 Å². The predicted octanol–water partition coefficient (Wildman–Crippen LogP) is -0.0399. The number of nitrogens with zero attached hydrogens (tertiary/aromatic N) is 2. The number of halogens is 3. The highest BCUT2D eigenvalue weighted by atomic mass is 32.2. The van der Waals surface area contributed by atoms with Crippen LogP contribution in [0.2, 0.25) is 0 Å². The van der Waals surface area contributed by atoms with Crippen LogP contribution >= 0.6 is 0 Å². The first-order valence-electron chi connectivity index (χ1n) is 8.33. The summed E-state index contributed by atoms with van der Waals surface area (Å²) in [5, 5.41) is 12.1. The maximum Gasteiger partial charge on any atom is 0.417 e. The fourth-order valence-corrected chi connectivity index (χ4v) is 4.53. The zero-order valence-electron chi connectivity index (χ0n) is 14.5. The van der Waals surface area contributed by atoms with Crippen LogP contribution in [0.15, 0.2) is 22.1 Å². The summed E-state index contributed by atoms with van der Waals surface area (Å²) in [7, 11) is -2.43. The van der Waals surface area contributed by atoms with Crippen LogP contribution in [0, 0.1) is 5.41 Å². The average Bonchev–Trinajstić information content (AvgIpc) is 2.60. The Morgan fingerprint density at radius 2 is 1.93 bits per heavy atom. The Hall–Kier alpha value is -1.89. The molecule has 2 aliphatic rings. The second-order valence-electron chi connectivity index (χ2n) is 6.84. The molecule has 2 aliphatic heterocycles. The van der Waals surface area contributed by atoms with Crippen LogP contribution in [0.25, 0.3) is 0 Å². The molecule has 1 atom stereocenters. The van der Waals surface area contributed by atoms with E-state index in [1.807, 2.05) is 4.90 Å². The minimum atomic E-state index is -4.74. The summed E-state index contributed by atoms with van der Waals surface area (Å²) in [5.41, 5.74) is 1.67. The molecule has 1 aromatic carbocycles. The molecule has 3 rings (SSSR count). The lowest BCUT2D eigenvalue weighted by Crippen LogP contribution is -2.58. The van der Waals surface area contributed by atoms with E-state index in [1.165, 1.54) is 6.07 Å². The number of nitrogens with two attached hydrogens (primary N) is 3. The van der Waals surface area contributed by atoms with E-state index in [4.69, 9.17) is 16.8 Å². The molecule has 2 saturated heterocycles. The number of hydrazine groups is 1. The highest BCUT2D eigenvalue weighted by Gasteiger charge is 2.42. The summed E-state index contributed by atoms with van der Waals surface area (Å²) in [4.78, 5) is 1.34. The molecular weight excluding hydrogens is 383 g/mol. The Labute approximate surface area is 156 Å². The third-order valence-electron chi connectivity index (χ3n) is 5.31. The van der Waals surface area contributed by atoms with Gasteiger partial charge in [0.2, 0.25) is 0 Å². The van der Waals surface area contributed by atoms with E-state index in [9.17, 15) is 17.4 Å². The SMILES string of the molecule is N/N=C(\NN)c1c(N2CCC3(CC2)CNC3)ccc(C(F)(F)F)c1S(N)=O. The summed E-state index contributed by atoms with van der Waals surface area (Å²) in [6.07, 6.45) is -2.95. The van der Waals surface area contributed by atoms with Gasteiger partial charge < -0.3 is 21.5 Å². The van der Waals surface area contributed by atoms with Crippen molar-refractivity contribution >= 4 is 22.5 Å². The van der Waals surface area contributed by atoms with E-state index < -0.39 is 27.6 Å². The zero-order valence-corrected chi connectivity index (χ0v) is 15.3. The molecule has 0 radical (unpaired) electrons. The number of piperidine rings is 1. The largest absolute Gasteiger partial charge is 0.417 e. The van der Waals surface area contributed by atoms with Crippen LogP contribution in [-0.4, -0.2) is 36.2 Å². The second kappa shape index (κ2) is 7.26. The highest BCUT2D eigenvalue weighted by Crippen LogP contribution is 2.41. The first-order chi connectivity index (χ1) is 12.7. The first-order valence-corrected chi connectivity index (χ1v) is 9.54. The molecule has 8 nitrogen and oxygen atoms in total. The number of rotatable bonds is 3. The van der Waals surface area contributed by atoms with Crippen molar-refractivity contribution in [3.05, 3.63) is 23.3 Å². The third-order valence-corrected chi connectivity index (χ3v) is 6.14. The van der Waals surface area contributed by atoms with Crippen molar-refractivity contribution in [3.8, 4) is 0 Å². The molecule has 2 heterocycles. The van der Waals surface area contributed by atoms with Gasteiger partial charge in [-0.2, -0.15) is 18.3 Å². The van der Waals surface area contributed by atoms with E-state index in [2.05, 4.69) is 15.8 Å². The van der Waals surface area contributed by atoms with Crippen LogP contribution in [0.1, 0.15) is 24.0 Å². The predicted molar refractivity (Wildman–Crippen MR) is 96.8 cm³/mol. The number of hydrazone groups is 1. The van der Waals surface area contributed by atoms with Crippen LogP contribution in [-0.2, 0) is 17.2 Å². The topological polar surface area (TPSA) is 135 Å². The van der Waals surface area contributed by atoms with Crippen molar-refractivity contribution in [2.75, 3.05) is 31.1 Å². The van der Waals surface area contributed by atoms with Crippen LogP contribution in [0.5, 0.6) is 0 Å². The summed E-state index contributed by atoms with van der Waals surface area (Å²) < 4.78 is 52.4. The van der Waals surface area contributed by atoms with Gasteiger partial charge in [-0.3, -0.25) is 0 Å². The van der Waals surface area contributed by atoms with Gasteiger partial charge in [0, 0.05) is 31.9 Å². The van der Waals surface area contributed by atoms with Crippen LogP contribution in [0.3, 0.4) is 0 Å². The zero-order chi connectivity index (χ0) is 19.8. The lowest BCUT2D eigenvalue weighted by atomic mass is 9.73. The molecule has 8 N–H and O–H groups in total. The quantitative estimate of drug-likeness (QED) is 0.207. The minimum Gasteiger partial charge on any atom is -0.371 e. The fourth-order valence-electron chi connectivity index (χ4n) is 3.72. The molecule has 0 aromatic heterocycles. The molecule has 27 heavy (non-hydrogen) atoms. The van der Waals surface area contributed by atoms with Gasteiger partial charge in [-0.25, -0.2) is 15.2 Å². The number of anilines is 1. The summed E-state index contributed by atoms with van der Waals surface area (Å²) in [6.45, 7) is 3.16. The van der Waals surface area contributed by atoms with Gasteiger partial charge in [0.05, 0.1) is 16.0 Å².